The molecule has 0 N–H and O–H groups in total. The molecule has 0 aliphatic carbocycles. The predicted octanol–water partition coefficient (Wildman–Crippen LogP) is 2.82. The molecule has 1 aliphatic rings. The van der Waals surface area contributed by atoms with Crippen LogP contribution in [0.15, 0.2) is 12.4 Å². The number of rotatable bonds is 3. The summed E-state index contributed by atoms with van der Waals surface area (Å²) in [6.07, 6.45) is 3.55. The largest absolute Gasteiger partial charge is 0.346 e. The fourth-order valence-electron chi connectivity index (χ4n) is 2.19. The Morgan fingerprint density at radius 1 is 1.35 bits per heavy atom. The Bertz CT molecular complexity index is 594. The van der Waals surface area contributed by atoms with Gasteiger partial charge in [0.2, 0.25) is 5.13 Å². The van der Waals surface area contributed by atoms with E-state index in [0.717, 1.165) is 29.8 Å². The van der Waals surface area contributed by atoms with Crippen LogP contribution in [-0.4, -0.2) is 33.1 Å². The molecular weight excluding hydrogens is 294 g/mol. The van der Waals surface area contributed by atoms with Crippen molar-refractivity contribution in [1.29, 1.82) is 0 Å². The Balaban J connectivity index is 1.56. The van der Waals surface area contributed by atoms with E-state index in [-0.39, 0.29) is 5.41 Å². The van der Waals surface area contributed by atoms with Gasteiger partial charge in [-0.15, -0.1) is 10.2 Å². The van der Waals surface area contributed by atoms with Gasteiger partial charge in [0.1, 0.15) is 5.01 Å². The summed E-state index contributed by atoms with van der Waals surface area (Å²) in [6, 6.07) is 0. The summed E-state index contributed by atoms with van der Waals surface area (Å²) in [6.45, 7) is 9.42. The minimum Gasteiger partial charge on any atom is -0.346 e. The first-order valence-electron chi connectivity index (χ1n) is 6.69. The number of halogens is 1. The number of hydrogen-bond donors (Lipinski definition) is 0. The third kappa shape index (κ3) is 2.81. The smallest absolute Gasteiger partial charge is 0.208 e. The third-order valence-electron chi connectivity index (χ3n) is 3.33. The summed E-state index contributed by atoms with van der Waals surface area (Å²) >= 11 is 7.56. The topological polar surface area (TPSA) is 46.8 Å². The van der Waals surface area contributed by atoms with Gasteiger partial charge in [-0.3, -0.25) is 4.68 Å². The summed E-state index contributed by atoms with van der Waals surface area (Å²) in [5.41, 5.74) is 0.0754. The molecule has 7 heteroatoms. The molecule has 0 bridgehead atoms. The van der Waals surface area contributed by atoms with Gasteiger partial charge in [-0.1, -0.05) is 43.7 Å². The van der Waals surface area contributed by atoms with Crippen molar-refractivity contribution >= 4 is 28.1 Å². The molecule has 1 saturated heterocycles. The maximum atomic E-state index is 5.86. The van der Waals surface area contributed by atoms with Crippen LogP contribution >= 0.6 is 22.9 Å². The first-order chi connectivity index (χ1) is 9.41. The van der Waals surface area contributed by atoms with E-state index >= 15 is 0 Å². The highest BCUT2D eigenvalue weighted by Gasteiger charge is 2.31. The van der Waals surface area contributed by atoms with Gasteiger partial charge in [0.15, 0.2) is 0 Å². The zero-order valence-corrected chi connectivity index (χ0v) is 13.4. The molecule has 0 atom stereocenters. The quantitative estimate of drug-likeness (QED) is 0.874. The van der Waals surface area contributed by atoms with Crippen molar-refractivity contribution in [1.82, 2.24) is 20.0 Å². The van der Waals surface area contributed by atoms with Crippen molar-refractivity contribution in [3.05, 3.63) is 22.4 Å². The molecule has 0 aromatic carbocycles. The standard InChI is InChI=1S/C13H18ClN5S/c1-13(2,3)11-16-17-12(20-11)18-5-9(6-18)7-19-8-10(14)4-15-19/h4,8-9H,5-7H2,1-3H3. The van der Waals surface area contributed by atoms with E-state index in [1.807, 2.05) is 10.9 Å². The summed E-state index contributed by atoms with van der Waals surface area (Å²) in [5.74, 6) is 0.605. The summed E-state index contributed by atoms with van der Waals surface area (Å²) in [5, 5.41) is 15.6. The second kappa shape index (κ2) is 5.00. The lowest BCUT2D eigenvalue weighted by Gasteiger charge is -2.38. The Labute approximate surface area is 127 Å². The lowest BCUT2D eigenvalue weighted by molar-refractivity contribution is 0.341. The minimum atomic E-state index is 0.0754. The zero-order valence-electron chi connectivity index (χ0n) is 11.9. The van der Waals surface area contributed by atoms with Gasteiger partial charge in [0, 0.05) is 37.2 Å². The van der Waals surface area contributed by atoms with Gasteiger partial charge in [-0.2, -0.15) is 5.10 Å². The highest BCUT2D eigenvalue weighted by atomic mass is 35.5. The number of anilines is 1. The Morgan fingerprint density at radius 2 is 2.10 bits per heavy atom. The van der Waals surface area contributed by atoms with Crippen LogP contribution in [-0.2, 0) is 12.0 Å². The van der Waals surface area contributed by atoms with Crippen molar-refractivity contribution in [2.75, 3.05) is 18.0 Å². The Morgan fingerprint density at radius 3 is 2.65 bits per heavy atom. The van der Waals surface area contributed by atoms with Crippen LogP contribution in [0.25, 0.3) is 0 Å². The minimum absolute atomic E-state index is 0.0754. The molecule has 2 aromatic heterocycles. The van der Waals surface area contributed by atoms with Crippen LogP contribution in [0.3, 0.4) is 0 Å². The van der Waals surface area contributed by atoms with Crippen molar-refractivity contribution < 1.29 is 0 Å². The first-order valence-corrected chi connectivity index (χ1v) is 7.88. The number of nitrogens with zero attached hydrogens (tertiary/aromatic N) is 5. The lowest BCUT2D eigenvalue weighted by atomic mass is 9.98. The summed E-state index contributed by atoms with van der Waals surface area (Å²) in [4.78, 5) is 2.28. The summed E-state index contributed by atoms with van der Waals surface area (Å²) in [7, 11) is 0. The maximum absolute atomic E-state index is 5.86. The lowest BCUT2D eigenvalue weighted by Crippen LogP contribution is -2.48. The predicted molar refractivity (Wildman–Crippen MR) is 81.5 cm³/mol. The van der Waals surface area contributed by atoms with Crippen molar-refractivity contribution in [3.8, 4) is 0 Å². The molecule has 0 saturated carbocycles. The highest BCUT2D eigenvalue weighted by Crippen LogP contribution is 2.33. The van der Waals surface area contributed by atoms with Gasteiger partial charge >= 0.3 is 0 Å². The summed E-state index contributed by atoms with van der Waals surface area (Å²) < 4.78 is 1.91. The fraction of sp³-hybridized carbons (Fsp3) is 0.615. The van der Waals surface area contributed by atoms with E-state index < -0.39 is 0 Å². The van der Waals surface area contributed by atoms with E-state index in [2.05, 4.69) is 41.0 Å². The maximum Gasteiger partial charge on any atom is 0.208 e. The number of aromatic nitrogens is 4. The molecule has 3 rings (SSSR count). The molecule has 0 amide bonds. The van der Waals surface area contributed by atoms with Crippen LogP contribution in [0, 0.1) is 5.92 Å². The molecule has 20 heavy (non-hydrogen) atoms. The van der Waals surface area contributed by atoms with Crippen molar-refractivity contribution in [3.63, 3.8) is 0 Å². The van der Waals surface area contributed by atoms with Gasteiger partial charge in [-0.25, -0.2) is 0 Å². The van der Waals surface area contributed by atoms with Crippen molar-refractivity contribution in [2.45, 2.75) is 32.7 Å². The zero-order chi connectivity index (χ0) is 14.3. The van der Waals surface area contributed by atoms with E-state index in [1.165, 1.54) is 0 Å². The van der Waals surface area contributed by atoms with Gasteiger partial charge < -0.3 is 4.90 Å². The normalized spacial score (nSPS) is 16.5. The second-order valence-corrected chi connectivity index (χ2v) is 7.68. The van der Waals surface area contributed by atoms with Crippen LogP contribution in [0.5, 0.6) is 0 Å². The van der Waals surface area contributed by atoms with E-state index in [9.17, 15) is 0 Å². The monoisotopic (exact) mass is 311 g/mol. The van der Waals surface area contributed by atoms with Crippen LogP contribution in [0.2, 0.25) is 5.02 Å². The molecule has 2 aromatic rings. The van der Waals surface area contributed by atoms with Crippen LogP contribution in [0.1, 0.15) is 25.8 Å². The fourth-order valence-corrected chi connectivity index (χ4v) is 3.27. The van der Waals surface area contributed by atoms with Crippen molar-refractivity contribution in [2.24, 2.45) is 5.92 Å². The molecule has 1 fully saturated rings. The van der Waals surface area contributed by atoms with Crippen LogP contribution < -0.4 is 4.90 Å². The van der Waals surface area contributed by atoms with Gasteiger partial charge in [0.25, 0.3) is 0 Å². The van der Waals surface area contributed by atoms with E-state index in [0.29, 0.717) is 10.9 Å². The van der Waals surface area contributed by atoms with Gasteiger partial charge in [0.05, 0.1) is 11.2 Å². The Hall–Kier alpha value is -1.14. The van der Waals surface area contributed by atoms with Crippen LogP contribution in [0.4, 0.5) is 5.13 Å². The second-order valence-electron chi connectivity index (χ2n) is 6.29. The SMILES string of the molecule is CC(C)(C)c1nnc(N2CC(Cn3cc(Cl)cn3)C2)s1. The molecule has 0 spiro atoms. The molecule has 3 heterocycles. The van der Waals surface area contributed by atoms with E-state index in [4.69, 9.17) is 11.6 Å². The Kier molecular flexibility index (Phi) is 3.46. The molecular formula is C13H18ClN5S. The molecule has 5 nitrogen and oxygen atoms in total. The molecule has 1 aliphatic heterocycles. The molecule has 0 radical (unpaired) electrons. The van der Waals surface area contributed by atoms with Gasteiger partial charge in [-0.05, 0) is 0 Å². The average Bonchev–Trinajstić information content (AvgIpc) is 2.90. The average molecular weight is 312 g/mol. The first kappa shape index (κ1) is 13.8. The highest BCUT2D eigenvalue weighted by molar-refractivity contribution is 7.15. The molecule has 108 valence electrons. The number of hydrogen-bond acceptors (Lipinski definition) is 5. The van der Waals surface area contributed by atoms with E-state index in [1.54, 1.807) is 17.5 Å². The molecule has 0 unspecified atom stereocenters. The third-order valence-corrected chi connectivity index (χ3v) is 4.94.